The average molecular weight is 522 g/mol. The molecule has 2 unspecified atom stereocenters. The molecule has 0 aliphatic rings. The van der Waals surface area contributed by atoms with Crippen molar-refractivity contribution in [3.8, 4) is 6.07 Å². The molecule has 4 rings (SSSR count). The molecule has 2 amide bonds. The van der Waals surface area contributed by atoms with Crippen molar-refractivity contribution in [3.05, 3.63) is 102 Å². The van der Waals surface area contributed by atoms with E-state index in [1.54, 1.807) is 31.6 Å². The van der Waals surface area contributed by atoms with Gasteiger partial charge in [-0.05, 0) is 39.9 Å². The Kier molecular flexibility index (Phi) is 9.11. The molecule has 4 aromatic rings. The second kappa shape index (κ2) is 12.9. The topological polar surface area (TPSA) is 91.0 Å². The van der Waals surface area contributed by atoms with Gasteiger partial charge in [-0.25, -0.2) is 4.98 Å². The number of nitrogens with one attached hydrogen (secondary N) is 1. The minimum absolute atomic E-state index is 0.0222. The Morgan fingerprint density at radius 2 is 1.82 bits per heavy atom. The average Bonchev–Trinajstić information content (AvgIpc) is 3.38. The van der Waals surface area contributed by atoms with E-state index in [-0.39, 0.29) is 30.2 Å². The molecule has 0 saturated carbocycles. The van der Waals surface area contributed by atoms with Crippen LogP contribution in [-0.4, -0.2) is 38.9 Å². The monoisotopic (exact) mass is 521 g/mol. The highest BCUT2D eigenvalue weighted by Crippen LogP contribution is 2.21. The zero-order valence-corrected chi connectivity index (χ0v) is 22.8. The molecule has 3 aromatic carbocycles. The minimum atomic E-state index is -0.184. The molecule has 2 atom stereocenters. The highest BCUT2D eigenvalue weighted by atomic mass is 16.2. The van der Waals surface area contributed by atoms with Crippen molar-refractivity contribution < 1.29 is 9.59 Å². The summed E-state index contributed by atoms with van der Waals surface area (Å²) in [5.41, 5.74) is 3.53. The van der Waals surface area contributed by atoms with Crippen LogP contribution in [0.1, 0.15) is 49.6 Å². The van der Waals surface area contributed by atoms with Crippen LogP contribution >= 0.6 is 0 Å². The van der Waals surface area contributed by atoms with Gasteiger partial charge in [-0.1, -0.05) is 74.9 Å². The Labute approximate surface area is 230 Å². The molecule has 39 heavy (non-hydrogen) atoms. The van der Waals surface area contributed by atoms with Crippen molar-refractivity contribution in [1.82, 2.24) is 19.8 Å². The van der Waals surface area contributed by atoms with Crippen molar-refractivity contribution in [1.29, 1.82) is 5.26 Å². The number of carbonyl (C=O) groups excluding carboxylic acids is 2. The van der Waals surface area contributed by atoms with Crippen molar-refractivity contribution in [2.75, 3.05) is 6.54 Å². The number of hydrogen-bond acceptors (Lipinski definition) is 4. The summed E-state index contributed by atoms with van der Waals surface area (Å²) < 4.78 is 1.95. The fraction of sp³-hybridized carbons (Fsp3) is 0.312. The predicted molar refractivity (Wildman–Crippen MR) is 153 cm³/mol. The molecule has 0 spiro atoms. The maximum absolute atomic E-state index is 13.2. The van der Waals surface area contributed by atoms with Gasteiger partial charge in [0.25, 0.3) is 0 Å². The lowest BCUT2D eigenvalue weighted by Crippen LogP contribution is -2.48. The van der Waals surface area contributed by atoms with Crippen LogP contribution in [0.5, 0.6) is 0 Å². The van der Waals surface area contributed by atoms with Gasteiger partial charge in [0, 0.05) is 44.5 Å². The van der Waals surface area contributed by atoms with Crippen LogP contribution < -0.4 is 5.32 Å². The van der Waals surface area contributed by atoms with E-state index in [2.05, 4.69) is 54.5 Å². The zero-order chi connectivity index (χ0) is 27.8. The first-order valence-electron chi connectivity index (χ1n) is 13.4. The standard InChI is InChI=1S/C32H35N5O2/c1-4-23(2)31(21-36(24(3)38)20-28-10-7-9-27-8-5-6-11-30(27)28)35-32(39)16-29-18-34-22-37(29)19-26-14-12-25(17-33)13-15-26/h5-15,18,22-23,31H,4,16,19-21H2,1-3H3,(H,35,39). The fourth-order valence-corrected chi connectivity index (χ4v) is 4.77. The van der Waals surface area contributed by atoms with Gasteiger partial charge < -0.3 is 14.8 Å². The SMILES string of the molecule is CCC(C)C(CN(Cc1cccc2ccccc12)C(C)=O)NC(=O)Cc1cncn1Cc1ccc(C#N)cc1. The van der Waals surface area contributed by atoms with Crippen LogP contribution in [0.15, 0.2) is 79.3 Å². The number of benzene rings is 3. The summed E-state index contributed by atoms with van der Waals surface area (Å²) in [7, 11) is 0. The molecular weight excluding hydrogens is 486 g/mol. The van der Waals surface area contributed by atoms with Crippen molar-refractivity contribution in [2.24, 2.45) is 5.92 Å². The number of nitriles is 1. The summed E-state index contributed by atoms with van der Waals surface area (Å²) >= 11 is 0. The first-order chi connectivity index (χ1) is 18.9. The number of carbonyl (C=O) groups is 2. The number of amides is 2. The predicted octanol–water partition coefficient (Wildman–Crippen LogP) is 5.08. The molecule has 0 fully saturated rings. The summed E-state index contributed by atoms with van der Waals surface area (Å²) in [6.45, 7) is 7.27. The van der Waals surface area contributed by atoms with E-state index in [0.29, 0.717) is 25.2 Å². The lowest BCUT2D eigenvalue weighted by atomic mass is 9.97. The lowest BCUT2D eigenvalue weighted by Gasteiger charge is -2.31. The molecule has 0 aliphatic carbocycles. The molecule has 1 heterocycles. The minimum Gasteiger partial charge on any atom is -0.351 e. The molecule has 0 saturated heterocycles. The molecule has 7 heteroatoms. The van der Waals surface area contributed by atoms with E-state index in [0.717, 1.165) is 34.0 Å². The first kappa shape index (κ1) is 27.6. The summed E-state index contributed by atoms with van der Waals surface area (Å²) in [5.74, 6) is 0.0633. The molecule has 0 aliphatic heterocycles. The Hall–Kier alpha value is -4.44. The van der Waals surface area contributed by atoms with Crippen molar-refractivity contribution in [3.63, 3.8) is 0 Å². The maximum atomic E-state index is 13.2. The van der Waals surface area contributed by atoms with Gasteiger partial charge >= 0.3 is 0 Å². The van der Waals surface area contributed by atoms with Gasteiger partial charge in [0.1, 0.15) is 0 Å². The van der Waals surface area contributed by atoms with E-state index >= 15 is 0 Å². The Morgan fingerprint density at radius 1 is 1.08 bits per heavy atom. The summed E-state index contributed by atoms with van der Waals surface area (Å²) in [6, 6.07) is 23.7. The first-order valence-corrected chi connectivity index (χ1v) is 13.4. The quantitative estimate of drug-likeness (QED) is 0.298. The number of nitrogens with zero attached hydrogens (tertiary/aromatic N) is 4. The Balaban J connectivity index is 1.45. The Morgan fingerprint density at radius 3 is 2.54 bits per heavy atom. The Bertz CT molecular complexity index is 1460. The van der Waals surface area contributed by atoms with Crippen molar-refractivity contribution in [2.45, 2.75) is 52.7 Å². The van der Waals surface area contributed by atoms with Crippen LogP contribution in [0, 0.1) is 17.2 Å². The molecule has 0 bridgehead atoms. The van der Waals surface area contributed by atoms with Crippen LogP contribution in [0.3, 0.4) is 0 Å². The van der Waals surface area contributed by atoms with E-state index < -0.39 is 0 Å². The third-order valence-corrected chi connectivity index (χ3v) is 7.36. The number of imidazole rings is 1. The summed E-state index contributed by atoms with van der Waals surface area (Å²) in [4.78, 5) is 32.0. The summed E-state index contributed by atoms with van der Waals surface area (Å²) in [6.07, 6.45) is 4.49. The van der Waals surface area contributed by atoms with Gasteiger partial charge in [-0.15, -0.1) is 0 Å². The highest BCUT2D eigenvalue weighted by molar-refractivity contribution is 5.86. The third-order valence-electron chi connectivity index (χ3n) is 7.36. The number of hydrogen-bond donors (Lipinski definition) is 1. The van der Waals surface area contributed by atoms with Crippen LogP contribution in [0.25, 0.3) is 10.8 Å². The molecule has 1 N–H and O–H groups in total. The second-order valence-corrected chi connectivity index (χ2v) is 10.1. The molecule has 0 radical (unpaired) electrons. The van der Waals surface area contributed by atoms with Gasteiger partial charge in [0.05, 0.1) is 24.4 Å². The third kappa shape index (κ3) is 7.11. The van der Waals surface area contributed by atoms with Crippen LogP contribution in [0.2, 0.25) is 0 Å². The molecule has 200 valence electrons. The number of rotatable bonds is 11. The normalized spacial score (nSPS) is 12.5. The largest absolute Gasteiger partial charge is 0.351 e. The van der Waals surface area contributed by atoms with E-state index in [1.807, 2.05) is 39.8 Å². The number of fused-ring (bicyclic) bond motifs is 1. The smallest absolute Gasteiger partial charge is 0.226 e. The highest BCUT2D eigenvalue weighted by Gasteiger charge is 2.24. The second-order valence-electron chi connectivity index (χ2n) is 10.1. The fourth-order valence-electron chi connectivity index (χ4n) is 4.77. The van der Waals surface area contributed by atoms with Crippen molar-refractivity contribution >= 4 is 22.6 Å². The van der Waals surface area contributed by atoms with Crippen LogP contribution in [-0.2, 0) is 29.1 Å². The van der Waals surface area contributed by atoms with E-state index in [1.165, 1.54) is 0 Å². The van der Waals surface area contributed by atoms with E-state index in [9.17, 15) is 9.59 Å². The molecular formula is C32H35N5O2. The number of aromatic nitrogens is 2. The zero-order valence-electron chi connectivity index (χ0n) is 22.8. The lowest BCUT2D eigenvalue weighted by molar-refractivity contribution is -0.131. The summed E-state index contributed by atoms with van der Waals surface area (Å²) in [5, 5.41) is 14.5. The maximum Gasteiger partial charge on any atom is 0.226 e. The van der Waals surface area contributed by atoms with Gasteiger partial charge in [-0.2, -0.15) is 5.26 Å². The van der Waals surface area contributed by atoms with Gasteiger partial charge in [0.15, 0.2) is 0 Å². The van der Waals surface area contributed by atoms with Gasteiger partial charge in [0.2, 0.25) is 11.8 Å². The van der Waals surface area contributed by atoms with Crippen LogP contribution in [0.4, 0.5) is 0 Å². The van der Waals surface area contributed by atoms with E-state index in [4.69, 9.17) is 5.26 Å². The molecule has 7 nitrogen and oxygen atoms in total. The molecule has 1 aromatic heterocycles. The van der Waals surface area contributed by atoms with Gasteiger partial charge in [-0.3, -0.25) is 9.59 Å².